The molecular weight excluding hydrogens is 833 g/mol. The Balaban J connectivity index is 1.32. The van der Waals surface area contributed by atoms with Crippen LogP contribution < -0.4 is 0 Å². The molecule has 6 nitrogen and oxygen atoms in total. The Labute approximate surface area is 374 Å². The summed E-state index contributed by atoms with van der Waals surface area (Å²) in [6.45, 7) is 4.13. The molecule has 0 heterocycles. The van der Waals surface area contributed by atoms with E-state index in [-0.39, 0.29) is 9.79 Å². The Morgan fingerprint density at radius 3 is 0.734 bits per heavy atom. The van der Waals surface area contributed by atoms with Gasteiger partial charge in [-0.25, -0.2) is 0 Å². The fourth-order valence-corrected chi connectivity index (χ4v) is 9.42. The quantitative estimate of drug-likeness (QED) is 0.132. The molecule has 0 aliphatic rings. The monoisotopic (exact) mass is 874 g/mol. The lowest BCUT2D eigenvalue weighted by atomic mass is 9.81. The van der Waals surface area contributed by atoms with Gasteiger partial charge in [-0.2, -0.15) is 16.8 Å². The average Bonchev–Trinajstić information content (AvgIpc) is 3.31. The lowest BCUT2D eigenvalue weighted by Gasteiger charge is -2.23. The number of hydrogen-bond acceptors (Lipinski definition) is 4. The SMILES string of the molecule is Cc1ccc(-c2ccc(-c3ccc(S(=O)(=O)O)cc3)c(-c3ccc(-c4c(-c5ccc(C)cc5)ccc(-c5ccc(S(=O)(=O)O)cc5)c4-c4ccccc4)cc3)c2-c2ccccc2)cc1. The molecule has 9 aromatic carbocycles. The Kier molecular flexibility index (Phi) is 11.3. The molecule has 0 radical (unpaired) electrons. The fraction of sp³-hybridized carbons (Fsp3) is 0.0357. The van der Waals surface area contributed by atoms with Crippen LogP contribution in [0.1, 0.15) is 11.1 Å². The molecule has 0 amide bonds. The van der Waals surface area contributed by atoms with Crippen LogP contribution in [-0.4, -0.2) is 25.9 Å². The van der Waals surface area contributed by atoms with Crippen molar-refractivity contribution in [3.63, 3.8) is 0 Å². The van der Waals surface area contributed by atoms with Gasteiger partial charge < -0.3 is 0 Å². The van der Waals surface area contributed by atoms with Crippen molar-refractivity contribution in [3.05, 3.63) is 217 Å². The molecule has 9 rings (SSSR count). The van der Waals surface area contributed by atoms with Crippen molar-refractivity contribution < 1.29 is 25.9 Å². The zero-order chi connectivity index (χ0) is 44.6. The van der Waals surface area contributed by atoms with Gasteiger partial charge in [0.05, 0.1) is 9.79 Å². The molecule has 0 atom stereocenters. The fourth-order valence-electron chi connectivity index (χ4n) is 8.46. The molecule has 8 heteroatoms. The topological polar surface area (TPSA) is 109 Å². The Morgan fingerprint density at radius 2 is 0.484 bits per heavy atom. The third-order valence-corrected chi connectivity index (χ3v) is 13.4. The second kappa shape index (κ2) is 17.2. The summed E-state index contributed by atoms with van der Waals surface area (Å²) >= 11 is 0. The summed E-state index contributed by atoms with van der Waals surface area (Å²) in [4.78, 5) is -0.364. The van der Waals surface area contributed by atoms with Crippen LogP contribution in [0, 0.1) is 13.8 Å². The minimum atomic E-state index is -4.41. The lowest BCUT2D eigenvalue weighted by Crippen LogP contribution is -1.98. The molecule has 2 N–H and O–H groups in total. The van der Waals surface area contributed by atoms with E-state index in [9.17, 15) is 25.9 Å². The van der Waals surface area contributed by atoms with Gasteiger partial charge in [0.15, 0.2) is 0 Å². The van der Waals surface area contributed by atoms with Gasteiger partial charge in [0.25, 0.3) is 20.2 Å². The van der Waals surface area contributed by atoms with E-state index < -0.39 is 20.2 Å². The molecule has 0 bridgehead atoms. The molecule has 0 saturated carbocycles. The van der Waals surface area contributed by atoms with Crippen LogP contribution in [0.5, 0.6) is 0 Å². The van der Waals surface area contributed by atoms with Crippen LogP contribution in [0.3, 0.4) is 0 Å². The van der Waals surface area contributed by atoms with E-state index >= 15 is 0 Å². The Hall–Kier alpha value is -7.20. The molecule has 0 aliphatic heterocycles. The maximum absolute atomic E-state index is 12.1. The average molecular weight is 875 g/mol. The number of benzene rings is 9. The highest BCUT2D eigenvalue weighted by atomic mass is 32.2. The third-order valence-electron chi connectivity index (χ3n) is 11.6. The summed E-state index contributed by atoms with van der Waals surface area (Å²) in [5, 5.41) is 0. The highest BCUT2D eigenvalue weighted by molar-refractivity contribution is 7.86. The van der Waals surface area contributed by atoms with Crippen molar-refractivity contribution in [3.8, 4) is 89.0 Å². The number of aryl methyl sites for hydroxylation is 2. The molecule has 314 valence electrons. The summed E-state index contributed by atoms with van der Waals surface area (Å²) in [7, 11) is -8.80. The first-order chi connectivity index (χ1) is 30.8. The largest absolute Gasteiger partial charge is 0.294 e. The minimum absolute atomic E-state index is 0.181. The van der Waals surface area contributed by atoms with Crippen LogP contribution in [0.2, 0.25) is 0 Å². The van der Waals surface area contributed by atoms with Crippen LogP contribution >= 0.6 is 0 Å². The van der Waals surface area contributed by atoms with Crippen molar-refractivity contribution in [2.75, 3.05) is 0 Å². The molecule has 9 aromatic rings. The van der Waals surface area contributed by atoms with E-state index in [0.29, 0.717) is 0 Å². The highest BCUT2D eigenvalue weighted by Crippen LogP contribution is 2.49. The van der Waals surface area contributed by atoms with E-state index in [1.54, 1.807) is 24.3 Å². The summed E-state index contributed by atoms with van der Waals surface area (Å²) in [6, 6.07) is 66.8. The van der Waals surface area contributed by atoms with Gasteiger partial charge in [-0.1, -0.05) is 193 Å². The first-order valence-electron chi connectivity index (χ1n) is 20.7. The molecule has 0 spiro atoms. The second-order valence-corrected chi connectivity index (χ2v) is 18.7. The van der Waals surface area contributed by atoms with Crippen molar-refractivity contribution in [1.29, 1.82) is 0 Å². The van der Waals surface area contributed by atoms with Crippen molar-refractivity contribution >= 4 is 20.2 Å². The first kappa shape index (κ1) is 42.1. The summed E-state index contributed by atoms with van der Waals surface area (Å²) < 4.78 is 67.9. The summed E-state index contributed by atoms with van der Waals surface area (Å²) in [6.07, 6.45) is 0. The predicted octanol–water partition coefficient (Wildman–Crippen LogP) is 14.1. The molecule has 0 fully saturated rings. The van der Waals surface area contributed by atoms with Crippen LogP contribution in [0.25, 0.3) is 89.0 Å². The number of hydrogen-bond donors (Lipinski definition) is 2. The maximum atomic E-state index is 12.1. The molecule has 0 aliphatic carbocycles. The smallest absolute Gasteiger partial charge is 0.282 e. The van der Waals surface area contributed by atoms with Crippen molar-refractivity contribution in [2.45, 2.75) is 23.6 Å². The summed E-state index contributed by atoms with van der Waals surface area (Å²) in [5.74, 6) is 0. The van der Waals surface area contributed by atoms with Gasteiger partial charge in [0, 0.05) is 0 Å². The molecule has 0 saturated heterocycles. The van der Waals surface area contributed by atoms with Gasteiger partial charge in [0.1, 0.15) is 0 Å². The van der Waals surface area contributed by atoms with E-state index in [4.69, 9.17) is 0 Å². The molecule has 0 aromatic heterocycles. The second-order valence-electron chi connectivity index (χ2n) is 15.9. The van der Waals surface area contributed by atoms with Crippen LogP contribution in [0.15, 0.2) is 216 Å². The van der Waals surface area contributed by atoms with Gasteiger partial charge in [0.2, 0.25) is 0 Å². The number of rotatable bonds is 10. The van der Waals surface area contributed by atoms with Crippen LogP contribution in [-0.2, 0) is 20.2 Å². The van der Waals surface area contributed by atoms with Gasteiger partial charge in [-0.05, 0) is 127 Å². The predicted molar refractivity (Wildman–Crippen MR) is 259 cm³/mol. The zero-order valence-electron chi connectivity index (χ0n) is 35.0. The Morgan fingerprint density at radius 1 is 0.266 bits per heavy atom. The maximum Gasteiger partial charge on any atom is 0.294 e. The third kappa shape index (κ3) is 8.48. The van der Waals surface area contributed by atoms with Gasteiger partial charge in [-0.3, -0.25) is 9.11 Å². The van der Waals surface area contributed by atoms with E-state index in [2.05, 4.69) is 135 Å². The van der Waals surface area contributed by atoms with Gasteiger partial charge >= 0.3 is 0 Å². The lowest BCUT2D eigenvalue weighted by molar-refractivity contribution is 0.481. The summed E-state index contributed by atoms with van der Waals surface area (Å²) in [5.41, 5.74) is 17.5. The zero-order valence-corrected chi connectivity index (χ0v) is 36.6. The molecular formula is C56H42O6S2. The highest BCUT2D eigenvalue weighted by Gasteiger charge is 2.23. The van der Waals surface area contributed by atoms with E-state index in [1.807, 2.05) is 36.4 Å². The molecule has 0 unspecified atom stereocenters. The van der Waals surface area contributed by atoms with E-state index in [1.165, 1.54) is 24.3 Å². The molecule has 64 heavy (non-hydrogen) atoms. The van der Waals surface area contributed by atoms with Gasteiger partial charge in [-0.15, -0.1) is 0 Å². The normalized spacial score (nSPS) is 11.7. The standard InChI is InChI=1S/C56H42O6S2/c1-37-13-17-39(18-14-37)49-33-36-52(42-27-31-48(32-28-42)64(60,61)62)56(53(49)43-9-5-3-6-10-43)46-23-21-45(22-24-46)55-50(40-19-15-38(2)16-20-40)34-35-51(54(55)44-11-7-4-8-12-44)41-25-29-47(30-26-41)63(57,58)59/h3-36H,1-2H3,(H,57,58,59)(H,60,61,62). The van der Waals surface area contributed by atoms with Crippen molar-refractivity contribution in [1.82, 2.24) is 0 Å². The van der Waals surface area contributed by atoms with Crippen molar-refractivity contribution in [2.24, 2.45) is 0 Å². The minimum Gasteiger partial charge on any atom is -0.282 e. The van der Waals surface area contributed by atoms with E-state index in [0.717, 1.165) is 100 Å². The van der Waals surface area contributed by atoms with Crippen LogP contribution in [0.4, 0.5) is 0 Å². The Bertz CT molecular complexity index is 3370. The first-order valence-corrected chi connectivity index (χ1v) is 23.6.